The molecule has 1 atom stereocenters. The van der Waals surface area contributed by atoms with Crippen LogP contribution in [-0.2, 0) is 0 Å². The Balaban J connectivity index is 2.15. The number of benzene rings is 2. The maximum atomic E-state index is 14.1. The Morgan fingerprint density at radius 2 is 1.85 bits per heavy atom. The lowest BCUT2D eigenvalue weighted by molar-refractivity contribution is 0.599. The molecule has 1 aromatic heterocycles. The standard InChI is InChI=1S/C16H12BrFN2/c17-11-5-6-13(15(18)7-11)16(19)14-9-20-8-10-3-1-2-4-12(10)14/h1-9,16H,19H2. The summed E-state index contributed by atoms with van der Waals surface area (Å²) in [6.07, 6.45) is 3.48. The maximum Gasteiger partial charge on any atom is 0.129 e. The zero-order valence-electron chi connectivity index (χ0n) is 10.6. The van der Waals surface area contributed by atoms with E-state index in [2.05, 4.69) is 20.9 Å². The molecule has 1 heterocycles. The molecule has 0 saturated carbocycles. The van der Waals surface area contributed by atoms with Gasteiger partial charge in [-0.2, -0.15) is 0 Å². The minimum absolute atomic E-state index is 0.320. The fraction of sp³-hybridized carbons (Fsp3) is 0.0625. The van der Waals surface area contributed by atoms with E-state index in [1.165, 1.54) is 6.07 Å². The van der Waals surface area contributed by atoms with Crippen LogP contribution in [0.5, 0.6) is 0 Å². The van der Waals surface area contributed by atoms with Crippen LogP contribution in [0, 0.1) is 5.82 Å². The summed E-state index contributed by atoms with van der Waals surface area (Å²) in [6.45, 7) is 0. The molecule has 0 saturated heterocycles. The lowest BCUT2D eigenvalue weighted by atomic mass is 9.96. The molecule has 20 heavy (non-hydrogen) atoms. The van der Waals surface area contributed by atoms with E-state index in [1.807, 2.05) is 24.3 Å². The molecule has 1 unspecified atom stereocenters. The first-order valence-corrected chi connectivity index (χ1v) is 6.99. The zero-order chi connectivity index (χ0) is 14.1. The number of halogens is 2. The Hall–Kier alpha value is -1.78. The summed E-state index contributed by atoms with van der Waals surface area (Å²) < 4.78 is 14.8. The zero-order valence-corrected chi connectivity index (χ0v) is 12.1. The number of nitrogens with zero attached hydrogens (tertiary/aromatic N) is 1. The molecule has 0 aliphatic rings. The summed E-state index contributed by atoms with van der Waals surface area (Å²) in [4.78, 5) is 4.19. The van der Waals surface area contributed by atoms with Crippen LogP contribution in [0.4, 0.5) is 4.39 Å². The number of pyridine rings is 1. The van der Waals surface area contributed by atoms with Crippen molar-refractivity contribution >= 4 is 26.7 Å². The summed E-state index contributed by atoms with van der Waals surface area (Å²) >= 11 is 3.25. The summed E-state index contributed by atoms with van der Waals surface area (Å²) in [6, 6.07) is 12.2. The molecule has 100 valence electrons. The molecule has 0 radical (unpaired) electrons. The molecule has 0 aliphatic carbocycles. The normalized spacial score (nSPS) is 12.6. The fourth-order valence-electron chi connectivity index (χ4n) is 2.31. The van der Waals surface area contributed by atoms with E-state index in [4.69, 9.17) is 5.73 Å². The average molecular weight is 331 g/mol. The molecule has 2 N–H and O–H groups in total. The van der Waals surface area contributed by atoms with Crippen LogP contribution < -0.4 is 5.73 Å². The molecule has 0 fully saturated rings. The van der Waals surface area contributed by atoms with Gasteiger partial charge in [0.1, 0.15) is 5.82 Å². The Labute approximate surface area is 124 Å². The lowest BCUT2D eigenvalue weighted by Crippen LogP contribution is -2.14. The lowest BCUT2D eigenvalue weighted by Gasteiger charge is -2.15. The van der Waals surface area contributed by atoms with Gasteiger partial charge in [0.05, 0.1) is 6.04 Å². The third-order valence-corrected chi connectivity index (χ3v) is 3.82. The van der Waals surface area contributed by atoms with Crippen LogP contribution in [0.25, 0.3) is 10.8 Å². The number of fused-ring (bicyclic) bond motifs is 1. The Bertz CT molecular complexity index is 768. The molecule has 0 amide bonds. The number of hydrogen-bond donors (Lipinski definition) is 1. The van der Waals surface area contributed by atoms with Crippen LogP contribution >= 0.6 is 15.9 Å². The van der Waals surface area contributed by atoms with Crippen LogP contribution in [0.15, 0.2) is 59.3 Å². The molecular formula is C16H12BrFN2. The maximum absolute atomic E-state index is 14.1. The molecule has 0 spiro atoms. The summed E-state index contributed by atoms with van der Waals surface area (Å²) in [5.41, 5.74) is 7.53. The van der Waals surface area contributed by atoms with Crippen molar-refractivity contribution in [2.24, 2.45) is 5.73 Å². The van der Waals surface area contributed by atoms with Crippen molar-refractivity contribution < 1.29 is 4.39 Å². The van der Waals surface area contributed by atoms with Crippen LogP contribution in [0.3, 0.4) is 0 Å². The van der Waals surface area contributed by atoms with Crippen molar-refractivity contribution in [1.29, 1.82) is 0 Å². The monoisotopic (exact) mass is 330 g/mol. The van der Waals surface area contributed by atoms with E-state index in [9.17, 15) is 4.39 Å². The highest BCUT2D eigenvalue weighted by Gasteiger charge is 2.16. The van der Waals surface area contributed by atoms with Crippen LogP contribution in [0.1, 0.15) is 17.2 Å². The molecule has 0 aliphatic heterocycles. The van der Waals surface area contributed by atoms with Crippen LogP contribution in [-0.4, -0.2) is 4.98 Å². The molecule has 2 aromatic carbocycles. The second-order valence-electron chi connectivity index (χ2n) is 4.59. The van der Waals surface area contributed by atoms with Crippen molar-refractivity contribution in [3.05, 3.63) is 76.3 Å². The molecule has 0 bridgehead atoms. The van der Waals surface area contributed by atoms with Crippen molar-refractivity contribution in [1.82, 2.24) is 4.98 Å². The van der Waals surface area contributed by atoms with Crippen molar-refractivity contribution in [2.75, 3.05) is 0 Å². The van der Waals surface area contributed by atoms with Gasteiger partial charge in [-0.3, -0.25) is 4.98 Å². The largest absolute Gasteiger partial charge is 0.320 e. The first-order chi connectivity index (χ1) is 9.66. The molecule has 3 rings (SSSR count). The van der Waals surface area contributed by atoms with Gasteiger partial charge in [0.15, 0.2) is 0 Å². The molecule has 4 heteroatoms. The first kappa shape index (κ1) is 13.2. The van der Waals surface area contributed by atoms with Gasteiger partial charge in [0.25, 0.3) is 0 Å². The second kappa shape index (κ2) is 5.31. The first-order valence-electron chi connectivity index (χ1n) is 6.20. The molecular weight excluding hydrogens is 319 g/mol. The van der Waals surface area contributed by atoms with Gasteiger partial charge in [0.2, 0.25) is 0 Å². The van der Waals surface area contributed by atoms with Crippen molar-refractivity contribution in [2.45, 2.75) is 6.04 Å². The Morgan fingerprint density at radius 1 is 1.05 bits per heavy atom. The Morgan fingerprint density at radius 3 is 2.65 bits per heavy atom. The number of nitrogens with two attached hydrogens (primary N) is 1. The smallest absolute Gasteiger partial charge is 0.129 e. The number of aromatic nitrogens is 1. The minimum Gasteiger partial charge on any atom is -0.320 e. The highest BCUT2D eigenvalue weighted by atomic mass is 79.9. The third kappa shape index (κ3) is 2.32. The van der Waals surface area contributed by atoms with Crippen molar-refractivity contribution in [3.63, 3.8) is 0 Å². The van der Waals surface area contributed by atoms with Gasteiger partial charge in [-0.25, -0.2) is 4.39 Å². The number of rotatable bonds is 2. The Kier molecular flexibility index (Phi) is 3.51. The van der Waals surface area contributed by atoms with E-state index in [-0.39, 0.29) is 5.82 Å². The predicted molar refractivity (Wildman–Crippen MR) is 81.9 cm³/mol. The van der Waals surface area contributed by atoms with E-state index in [1.54, 1.807) is 24.5 Å². The van der Waals surface area contributed by atoms with Gasteiger partial charge in [-0.1, -0.05) is 46.3 Å². The summed E-state index contributed by atoms with van der Waals surface area (Å²) in [7, 11) is 0. The molecule has 2 nitrogen and oxygen atoms in total. The fourth-order valence-corrected chi connectivity index (χ4v) is 2.64. The SMILES string of the molecule is NC(c1ccc(Br)cc1F)c1cncc2ccccc12. The highest BCUT2D eigenvalue weighted by molar-refractivity contribution is 9.10. The van der Waals surface area contributed by atoms with Gasteiger partial charge >= 0.3 is 0 Å². The number of hydrogen-bond acceptors (Lipinski definition) is 2. The van der Waals surface area contributed by atoms with E-state index < -0.39 is 6.04 Å². The van der Waals surface area contributed by atoms with Crippen molar-refractivity contribution in [3.8, 4) is 0 Å². The quantitative estimate of drug-likeness (QED) is 0.765. The van der Waals surface area contributed by atoms with Gasteiger partial charge in [-0.05, 0) is 23.1 Å². The van der Waals surface area contributed by atoms with Crippen LogP contribution in [0.2, 0.25) is 0 Å². The summed E-state index contributed by atoms with van der Waals surface area (Å²) in [5.74, 6) is -0.320. The predicted octanol–water partition coefficient (Wildman–Crippen LogP) is 4.18. The van der Waals surface area contributed by atoms with E-state index in [0.29, 0.717) is 10.0 Å². The topological polar surface area (TPSA) is 38.9 Å². The minimum atomic E-state index is -0.540. The van der Waals surface area contributed by atoms with E-state index in [0.717, 1.165) is 16.3 Å². The van der Waals surface area contributed by atoms with Gasteiger partial charge in [0, 0.05) is 27.8 Å². The van der Waals surface area contributed by atoms with Gasteiger partial charge in [-0.15, -0.1) is 0 Å². The van der Waals surface area contributed by atoms with E-state index >= 15 is 0 Å². The highest BCUT2D eigenvalue weighted by Crippen LogP contribution is 2.28. The average Bonchev–Trinajstić information content (AvgIpc) is 2.46. The second-order valence-corrected chi connectivity index (χ2v) is 5.51. The van der Waals surface area contributed by atoms with Gasteiger partial charge < -0.3 is 5.73 Å². The summed E-state index contributed by atoms with van der Waals surface area (Å²) in [5, 5.41) is 2.00. The third-order valence-electron chi connectivity index (χ3n) is 3.33. The molecule has 3 aromatic rings.